The summed E-state index contributed by atoms with van der Waals surface area (Å²) in [6.45, 7) is 6.59. The van der Waals surface area contributed by atoms with Crippen molar-refractivity contribution in [2.24, 2.45) is 0 Å². The predicted molar refractivity (Wildman–Crippen MR) is 108 cm³/mol. The normalized spacial score (nSPS) is 10.8. The fourth-order valence-corrected chi connectivity index (χ4v) is 3.28. The first-order chi connectivity index (χ1) is 13.5. The second-order valence-corrected chi connectivity index (χ2v) is 6.73. The number of ether oxygens (including phenoxy) is 1. The van der Waals surface area contributed by atoms with E-state index in [1.165, 1.54) is 0 Å². The van der Waals surface area contributed by atoms with E-state index in [4.69, 9.17) is 4.74 Å². The van der Waals surface area contributed by atoms with Gasteiger partial charge in [-0.3, -0.25) is 9.59 Å². The number of hydrogen-bond donors (Lipinski definition) is 1. The number of esters is 1. The third-order valence-corrected chi connectivity index (χ3v) is 4.59. The largest absolute Gasteiger partial charge is 0.465 e. The van der Waals surface area contributed by atoms with Crippen LogP contribution in [0, 0.1) is 13.8 Å². The van der Waals surface area contributed by atoms with Gasteiger partial charge in [-0.05, 0) is 44.5 Å². The average Bonchev–Trinajstić information content (AvgIpc) is 2.99. The highest BCUT2D eigenvalue weighted by atomic mass is 16.5. The molecule has 0 saturated heterocycles. The van der Waals surface area contributed by atoms with Gasteiger partial charge in [-0.1, -0.05) is 29.8 Å². The fraction of sp³-hybridized carbons (Fsp3) is 0.318. The van der Waals surface area contributed by atoms with Gasteiger partial charge in [-0.25, -0.2) is 4.98 Å². The Kier molecular flexibility index (Phi) is 6.09. The molecule has 0 spiro atoms. The van der Waals surface area contributed by atoms with E-state index in [1.807, 2.05) is 60.9 Å². The summed E-state index contributed by atoms with van der Waals surface area (Å²) in [5.41, 5.74) is 4.45. The summed E-state index contributed by atoms with van der Waals surface area (Å²) in [5, 5.41) is 2.95. The number of imidazole rings is 1. The number of para-hydroxylation sites is 2. The number of amides is 1. The van der Waals surface area contributed by atoms with Crippen molar-refractivity contribution in [1.29, 1.82) is 0 Å². The molecule has 0 radical (unpaired) electrons. The highest BCUT2D eigenvalue weighted by Crippen LogP contribution is 2.17. The lowest BCUT2D eigenvalue weighted by atomic mass is 10.1. The van der Waals surface area contributed by atoms with Gasteiger partial charge in [-0.2, -0.15) is 0 Å². The van der Waals surface area contributed by atoms with Gasteiger partial charge in [0, 0.05) is 18.5 Å². The first-order valence-corrected chi connectivity index (χ1v) is 9.44. The number of aromatic nitrogens is 2. The third kappa shape index (κ3) is 4.39. The SMILES string of the molecule is CCOC(=O)Cn1c(CCNC(=O)c2ccc(C)cc2C)nc2ccccc21. The van der Waals surface area contributed by atoms with E-state index in [9.17, 15) is 9.59 Å². The minimum atomic E-state index is -0.300. The van der Waals surface area contributed by atoms with E-state index in [2.05, 4.69) is 10.3 Å². The number of nitrogens with zero attached hydrogens (tertiary/aromatic N) is 2. The molecule has 28 heavy (non-hydrogen) atoms. The lowest BCUT2D eigenvalue weighted by molar-refractivity contribution is -0.143. The monoisotopic (exact) mass is 379 g/mol. The van der Waals surface area contributed by atoms with E-state index < -0.39 is 0 Å². The molecule has 0 bridgehead atoms. The second kappa shape index (κ2) is 8.69. The van der Waals surface area contributed by atoms with Crippen LogP contribution in [0.1, 0.15) is 34.2 Å². The molecule has 2 aromatic carbocycles. The summed E-state index contributed by atoms with van der Waals surface area (Å²) < 4.78 is 6.94. The molecule has 0 fully saturated rings. The smallest absolute Gasteiger partial charge is 0.326 e. The van der Waals surface area contributed by atoms with Gasteiger partial charge in [0.2, 0.25) is 0 Å². The molecule has 146 valence electrons. The van der Waals surface area contributed by atoms with Gasteiger partial charge in [0.15, 0.2) is 0 Å². The van der Waals surface area contributed by atoms with E-state index in [1.54, 1.807) is 6.92 Å². The van der Waals surface area contributed by atoms with Crippen molar-refractivity contribution in [2.75, 3.05) is 13.2 Å². The number of aryl methyl sites for hydroxylation is 2. The van der Waals surface area contributed by atoms with Gasteiger partial charge in [-0.15, -0.1) is 0 Å². The van der Waals surface area contributed by atoms with Crippen molar-refractivity contribution in [3.63, 3.8) is 0 Å². The van der Waals surface area contributed by atoms with Crippen molar-refractivity contribution < 1.29 is 14.3 Å². The number of carbonyl (C=O) groups excluding carboxylic acids is 2. The lowest BCUT2D eigenvalue weighted by Crippen LogP contribution is -2.27. The fourth-order valence-electron chi connectivity index (χ4n) is 3.28. The summed E-state index contributed by atoms with van der Waals surface area (Å²) in [6, 6.07) is 13.4. The Bertz CT molecular complexity index is 1010. The van der Waals surface area contributed by atoms with Crippen LogP contribution in [0.2, 0.25) is 0 Å². The molecule has 1 amide bonds. The molecule has 1 heterocycles. The van der Waals surface area contributed by atoms with E-state index >= 15 is 0 Å². The summed E-state index contributed by atoms with van der Waals surface area (Å²) in [6.07, 6.45) is 0.519. The molecule has 0 aliphatic rings. The Morgan fingerprint density at radius 1 is 1.14 bits per heavy atom. The van der Waals surface area contributed by atoms with Crippen molar-refractivity contribution >= 4 is 22.9 Å². The van der Waals surface area contributed by atoms with Gasteiger partial charge in [0.1, 0.15) is 12.4 Å². The Morgan fingerprint density at radius 3 is 2.68 bits per heavy atom. The Morgan fingerprint density at radius 2 is 1.93 bits per heavy atom. The van der Waals surface area contributed by atoms with Gasteiger partial charge >= 0.3 is 5.97 Å². The number of benzene rings is 2. The lowest BCUT2D eigenvalue weighted by Gasteiger charge is -2.10. The summed E-state index contributed by atoms with van der Waals surface area (Å²) >= 11 is 0. The van der Waals surface area contributed by atoms with Crippen molar-refractivity contribution in [2.45, 2.75) is 33.7 Å². The summed E-state index contributed by atoms with van der Waals surface area (Å²) in [5.74, 6) is 0.340. The molecular formula is C22H25N3O3. The van der Waals surface area contributed by atoms with Crippen LogP contribution in [0.3, 0.4) is 0 Å². The van der Waals surface area contributed by atoms with Crippen LogP contribution in [0.15, 0.2) is 42.5 Å². The quantitative estimate of drug-likeness (QED) is 0.640. The molecule has 0 atom stereocenters. The van der Waals surface area contributed by atoms with Gasteiger partial charge in [0.25, 0.3) is 5.91 Å². The molecule has 0 unspecified atom stereocenters. The first-order valence-electron chi connectivity index (χ1n) is 9.44. The van der Waals surface area contributed by atoms with Crippen LogP contribution in [0.5, 0.6) is 0 Å². The predicted octanol–water partition coefficient (Wildman–Crippen LogP) is 3.19. The first kappa shape index (κ1) is 19.6. The molecule has 6 nitrogen and oxygen atoms in total. The molecule has 3 aromatic rings. The number of hydrogen-bond acceptors (Lipinski definition) is 4. The standard InChI is InChI=1S/C22H25N3O3/c1-4-28-21(26)14-25-19-8-6-5-7-18(19)24-20(25)11-12-23-22(27)17-10-9-15(2)13-16(17)3/h5-10,13H,4,11-12,14H2,1-3H3,(H,23,27). The highest BCUT2D eigenvalue weighted by molar-refractivity contribution is 5.95. The average molecular weight is 379 g/mol. The van der Waals surface area contributed by atoms with E-state index in [-0.39, 0.29) is 18.4 Å². The van der Waals surface area contributed by atoms with Gasteiger partial charge in [0.05, 0.1) is 17.6 Å². The molecule has 3 rings (SSSR count). The second-order valence-electron chi connectivity index (χ2n) is 6.73. The minimum absolute atomic E-state index is 0.106. The zero-order chi connectivity index (χ0) is 20.1. The number of carbonyl (C=O) groups is 2. The van der Waals surface area contributed by atoms with E-state index in [0.29, 0.717) is 25.1 Å². The zero-order valence-electron chi connectivity index (χ0n) is 16.5. The maximum absolute atomic E-state index is 12.5. The Hall–Kier alpha value is -3.15. The maximum atomic E-state index is 12.5. The van der Waals surface area contributed by atoms with Crippen molar-refractivity contribution in [3.8, 4) is 0 Å². The van der Waals surface area contributed by atoms with Crippen LogP contribution < -0.4 is 5.32 Å². The molecule has 0 saturated carbocycles. The molecule has 1 N–H and O–H groups in total. The Balaban J connectivity index is 1.73. The topological polar surface area (TPSA) is 73.2 Å². The number of rotatable bonds is 7. The molecular weight excluding hydrogens is 354 g/mol. The summed E-state index contributed by atoms with van der Waals surface area (Å²) in [4.78, 5) is 29.1. The van der Waals surface area contributed by atoms with Crippen molar-refractivity contribution in [1.82, 2.24) is 14.9 Å². The van der Waals surface area contributed by atoms with Crippen LogP contribution in [-0.4, -0.2) is 34.6 Å². The zero-order valence-corrected chi connectivity index (χ0v) is 16.5. The molecule has 0 aliphatic heterocycles. The van der Waals surface area contributed by atoms with Crippen LogP contribution >= 0.6 is 0 Å². The molecule has 0 aliphatic carbocycles. The van der Waals surface area contributed by atoms with E-state index in [0.717, 1.165) is 28.0 Å². The minimum Gasteiger partial charge on any atom is -0.465 e. The van der Waals surface area contributed by atoms with Crippen LogP contribution in [-0.2, 0) is 22.5 Å². The Labute approximate surface area is 164 Å². The summed E-state index contributed by atoms with van der Waals surface area (Å²) in [7, 11) is 0. The number of fused-ring (bicyclic) bond motifs is 1. The van der Waals surface area contributed by atoms with Crippen molar-refractivity contribution in [3.05, 3.63) is 65.0 Å². The molecule has 6 heteroatoms. The number of nitrogens with one attached hydrogen (secondary N) is 1. The van der Waals surface area contributed by atoms with Crippen LogP contribution in [0.25, 0.3) is 11.0 Å². The third-order valence-electron chi connectivity index (χ3n) is 4.59. The maximum Gasteiger partial charge on any atom is 0.326 e. The van der Waals surface area contributed by atoms with Crippen LogP contribution in [0.4, 0.5) is 0 Å². The van der Waals surface area contributed by atoms with Gasteiger partial charge < -0.3 is 14.6 Å². The highest BCUT2D eigenvalue weighted by Gasteiger charge is 2.15. The molecule has 1 aromatic heterocycles.